The zero-order chi connectivity index (χ0) is 11.6. The summed E-state index contributed by atoms with van der Waals surface area (Å²) in [6.45, 7) is 3.62. The molecule has 0 N–H and O–H groups in total. The summed E-state index contributed by atoms with van der Waals surface area (Å²) in [6.07, 6.45) is 0.997. The lowest BCUT2D eigenvalue weighted by Gasteiger charge is -2.22. The van der Waals surface area contributed by atoms with Crippen molar-refractivity contribution in [2.75, 3.05) is 14.1 Å². The van der Waals surface area contributed by atoms with Crippen molar-refractivity contribution in [3.63, 3.8) is 0 Å². The van der Waals surface area contributed by atoms with E-state index < -0.39 is 6.09 Å². The Hall–Kier alpha value is -1.32. The Morgan fingerprint density at radius 1 is 1.47 bits per heavy atom. The Kier molecular flexibility index (Phi) is 3.50. The van der Waals surface area contributed by atoms with Crippen molar-refractivity contribution in [3.05, 3.63) is 11.3 Å². The second-order valence-electron chi connectivity index (χ2n) is 4.11. The fourth-order valence-electron chi connectivity index (χ4n) is 1.50. The second-order valence-corrected chi connectivity index (χ2v) is 4.11. The molecule has 0 aromatic rings. The van der Waals surface area contributed by atoms with E-state index >= 15 is 0 Å². The van der Waals surface area contributed by atoms with Crippen molar-refractivity contribution in [2.45, 2.75) is 26.7 Å². The Balaban J connectivity index is 2.78. The number of rotatable bonds is 1. The molecule has 0 aromatic heterocycles. The van der Waals surface area contributed by atoms with Gasteiger partial charge in [0, 0.05) is 32.0 Å². The summed E-state index contributed by atoms with van der Waals surface area (Å²) in [4.78, 5) is 24.3. The number of carbonyl (C=O) groups excluding carboxylic acids is 2. The third kappa shape index (κ3) is 2.58. The average Bonchev–Trinajstić information content (AvgIpc) is 2.18. The molecule has 1 rings (SSSR count). The maximum absolute atomic E-state index is 11.6. The molecular weight excluding hydrogens is 194 g/mol. The Morgan fingerprint density at radius 3 is 2.60 bits per heavy atom. The smallest absolute Gasteiger partial charge is 0.414 e. The quantitative estimate of drug-likeness (QED) is 0.666. The average molecular weight is 211 g/mol. The Labute approximate surface area is 89.9 Å². The van der Waals surface area contributed by atoms with Gasteiger partial charge >= 0.3 is 6.09 Å². The molecule has 0 saturated heterocycles. The molecule has 4 heteroatoms. The van der Waals surface area contributed by atoms with Crippen LogP contribution in [-0.4, -0.2) is 30.9 Å². The molecule has 0 aromatic carbocycles. The maximum atomic E-state index is 11.6. The first-order valence-corrected chi connectivity index (χ1v) is 5.06. The lowest BCUT2D eigenvalue weighted by molar-refractivity contribution is -0.119. The van der Waals surface area contributed by atoms with Gasteiger partial charge in [0.25, 0.3) is 0 Å². The zero-order valence-corrected chi connectivity index (χ0v) is 9.66. The highest BCUT2D eigenvalue weighted by Gasteiger charge is 2.26. The minimum Gasteiger partial charge on any atom is -0.414 e. The van der Waals surface area contributed by atoms with Gasteiger partial charge in [0.15, 0.2) is 5.78 Å². The number of carbonyl (C=O) groups is 2. The molecule has 1 atom stereocenters. The van der Waals surface area contributed by atoms with Crippen molar-refractivity contribution >= 4 is 11.9 Å². The molecule has 0 radical (unpaired) electrons. The number of Topliss-reactive ketones (excluding diaryl/α,β-unsaturated/α-hetero) is 1. The molecule has 1 unspecified atom stereocenters. The van der Waals surface area contributed by atoms with E-state index in [1.165, 1.54) is 4.90 Å². The third-order valence-corrected chi connectivity index (χ3v) is 2.62. The van der Waals surface area contributed by atoms with Gasteiger partial charge < -0.3 is 9.64 Å². The molecule has 15 heavy (non-hydrogen) atoms. The molecule has 0 aliphatic heterocycles. The van der Waals surface area contributed by atoms with Crippen molar-refractivity contribution in [1.82, 2.24) is 4.90 Å². The standard InChI is InChI=1S/C11H17NO3/c1-7-5-6-9(8(2)10(7)13)15-11(14)12(3)4/h7H,5-6H2,1-4H3. The molecule has 1 aliphatic rings. The molecule has 0 bridgehead atoms. The van der Waals surface area contributed by atoms with Crippen LogP contribution in [0, 0.1) is 5.92 Å². The van der Waals surface area contributed by atoms with Gasteiger partial charge in [-0.05, 0) is 13.3 Å². The third-order valence-electron chi connectivity index (χ3n) is 2.62. The van der Waals surface area contributed by atoms with Gasteiger partial charge in [0.1, 0.15) is 5.76 Å². The van der Waals surface area contributed by atoms with Gasteiger partial charge in [-0.1, -0.05) is 6.92 Å². The Morgan fingerprint density at radius 2 is 2.07 bits per heavy atom. The number of amides is 1. The first-order valence-electron chi connectivity index (χ1n) is 5.06. The van der Waals surface area contributed by atoms with Crippen LogP contribution in [-0.2, 0) is 9.53 Å². The van der Waals surface area contributed by atoms with E-state index in [4.69, 9.17) is 4.74 Å². The van der Waals surface area contributed by atoms with Crippen LogP contribution in [0.2, 0.25) is 0 Å². The van der Waals surface area contributed by atoms with Crippen molar-refractivity contribution in [1.29, 1.82) is 0 Å². The van der Waals surface area contributed by atoms with Crippen molar-refractivity contribution in [3.8, 4) is 0 Å². The van der Waals surface area contributed by atoms with E-state index in [0.717, 1.165) is 6.42 Å². The molecule has 4 nitrogen and oxygen atoms in total. The van der Waals surface area contributed by atoms with Gasteiger partial charge in [-0.25, -0.2) is 4.79 Å². The maximum Gasteiger partial charge on any atom is 0.414 e. The number of hydrogen-bond donors (Lipinski definition) is 0. The highest BCUT2D eigenvalue weighted by molar-refractivity contribution is 5.97. The topological polar surface area (TPSA) is 46.6 Å². The van der Waals surface area contributed by atoms with Gasteiger partial charge in [-0.15, -0.1) is 0 Å². The minimum atomic E-state index is -0.424. The van der Waals surface area contributed by atoms with Crippen LogP contribution < -0.4 is 0 Å². The monoisotopic (exact) mass is 211 g/mol. The van der Waals surface area contributed by atoms with Gasteiger partial charge in [-0.3, -0.25) is 4.79 Å². The lowest BCUT2D eigenvalue weighted by atomic mass is 9.88. The minimum absolute atomic E-state index is 0.0480. The number of nitrogens with zero attached hydrogens (tertiary/aromatic N) is 1. The van der Waals surface area contributed by atoms with Gasteiger partial charge in [0.05, 0.1) is 0 Å². The van der Waals surface area contributed by atoms with E-state index in [1.54, 1.807) is 21.0 Å². The summed E-state index contributed by atoms with van der Waals surface area (Å²) < 4.78 is 5.13. The fraction of sp³-hybridized carbons (Fsp3) is 0.636. The van der Waals surface area contributed by atoms with Crippen LogP contribution in [0.4, 0.5) is 4.79 Å². The van der Waals surface area contributed by atoms with Crippen LogP contribution in [0.5, 0.6) is 0 Å². The van der Waals surface area contributed by atoms with Crippen molar-refractivity contribution < 1.29 is 14.3 Å². The van der Waals surface area contributed by atoms with Crippen LogP contribution in [0.1, 0.15) is 26.7 Å². The number of ether oxygens (including phenoxy) is 1. The fourth-order valence-corrected chi connectivity index (χ4v) is 1.50. The molecule has 1 amide bonds. The van der Waals surface area contributed by atoms with E-state index in [2.05, 4.69) is 0 Å². The van der Waals surface area contributed by atoms with Crippen LogP contribution in [0.25, 0.3) is 0 Å². The zero-order valence-electron chi connectivity index (χ0n) is 9.66. The molecule has 1 aliphatic carbocycles. The lowest BCUT2D eigenvalue weighted by Crippen LogP contribution is -2.26. The molecule has 0 fully saturated rings. The molecular formula is C11H17NO3. The highest BCUT2D eigenvalue weighted by atomic mass is 16.6. The number of allylic oxidation sites excluding steroid dienone is 2. The first-order chi connectivity index (χ1) is 6.93. The summed E-state index contributed by atoms with van der Waals surface area (Å²) in [5.41, 5.74) is 0.587. The summed E-state index contributed by atoms with van der Waals surface area (Å²) in [5, 5.41) is 0. The van der Waals surface area contributed by atoms with E-state index in [-0.39, 0.29) is 11.7 Å². The van der Waals surface area contributed by atoms with Gasteiger partial charge in [0.2, 0.25) is 0 Å². The van der Waals surface area contributed by atoms with Gasteiger partial charge in [-0.2, -0.15) is 0 Å². The predicted octanol–water partition coefficient (Wildman–Crippen LogP) is 1.96. The normalized spacial score (nSPS) is 21.6. The highest BCUT2D eigenvalue weighted by Crippen LogP contribution is 2.26. The first kappa shape index (κ1) is 11.8. The van der Waals surface area contributed by atoms with Crippen LogP contribution in [0.3, 0.4) is 0 Å². The van der Waals surface area contributed by atoms with E-state index in [9.17, 15) is 9.59 Å². The Bertz CT molecular complexity index is 318. The molecule has 0 spiro atoms. The largest absolute Gasteiger partial charge is 0.414 e. The predicted molar refractivity (Wildman–Crippen MR) is 56.3 cm³/mol. The van der Waals surface area contributed by atoms with Crippen LogP contribution in [0.15, 0.2) is 11.3 Å². The van der Waals surface area contributed by atoms with E-state index in [1.807, 2.05) is 6.92 Å². The second kappa shape index (κ2) is 4.47. The summed E-state index contributed by atoms with van der Waals surface area (Å²) in [7, 11) is 3.23. The van der Waals surface area contributed by atoms with E-state index in [0.29, 0.717) is 17.8 Å². The number of ketones is 1. The summed E-state index contributed by atoms with van der Waals surface area (Å²) in [5.74, 6) is 0.659. The SMILES string of the molecule is CC1=C(OC(=O)N(C)C)CCC(C)C1=O. The summed E-state index contributed by atoms with van der Waals surface area (Å²) in [6, 6.07) is 0. The van der Waals surface area contributed by atoms with Crippen molar-refractivity contribution in [2.24, 2.45) is 5.92 Å². The van der Waals surface area contributed by atoms with Crippen LogP contribution >= 0.6 is 0 Å². The number of hydrogen-bond acceptors (Lipinski definition) is 3. The molecule has 0 heterocycles. The summed E-state index contributed by atoms with van der Waals surface area (Å²) >= 11 is 0. The molecule has 84 valence electrons. The molecule has 0 saturated carbocycles.